The molecular formula is C12H7BBr2. The molecule has 0 aliphatic carbocycles. The van der Waals surface area contributed by atoms with E-state index < -0.39 is 0 Å². The Morgan fingerprint density at radius 2 is 1.47 bits per heavy atom. The third-order valence-electron chi connectivity index (χ3n) is 2.20. The van der Waals surface area contributed by atoms with E-state index in [2.05, 4.69) is 44.0 Å². The topological polar surface area (TPSA) is 0 Å². The molecule has 0 heterocycles. The summed E-state index contributed by atoms with van der Waals surface area (Å²) in [5.74, 6) is 0. The van der Waals surface area contributed by atoms with Crippen LogP contribution in [0.15, 0.2) is 51.4 Å². The predicted molar refractivity (Wildman–Crippen MR) is 72.7 cm³/mol. The maximum absolute atomic E-state index is 5.79. The highest BCUT2D eigenvalue weighted by molar-refractivity contribution is 9.13. The summed E-state index contributed by atoms with van der Waals surface area (Å²) in [6, 6.07) is 14.1. The van der Waals surface area contributed by atoms with E-state index in [1.807, 2.05) is 30.3 Å². The van der Waals surface area contributed by atoms with E-state index in [0.717, 1.165) is 20.0 Å². The van der Waals surface area contributed by atoms with Crippen molar-refractivity contribution in [1.82, 2.24) is 0 Å². The van der Waals surface area contributed by atoms with Gasteiger partial charge in [-0.1, -0.05) is 63.9 Å². The smallest absolute Gasteiger partial charge is 0.0816 e. The maximum Gasteiger partial charge on any atom is 0.115 e. The molecule has 0 N–H and O–H groups in total. The highest BCUT2D eigenvalue weighted by atomic mass is 79.9. The monoisotopic (exact) mass is 320 g/mol. The van der Waals surface area contributed by atoms with E-state index in [4.69, 9.17) is 7.85 Å². The molecule has 2 aromatic rings. The van der Waals surface area contributed by atoms with Crippen molar-refractivity contribution in [2.24, 2.45) is 0 Å². The lowest BCUT2D eigenvalue weighted by Crippen LogP contribution is -2.04. The summed E-state index contributed by atoms with van der Waals surface area (Å²) in [5, 5.41) is 0. The molecule has 3 heteroatoms. The quantitative estimate of drug-likeness (QED) is 0.703. The fourth-order valence-corrected chi connectivity index (χ4v) is 2.34. The Labute approximate surface area is 107 Å². The van der Waals surface area contributed by atoms with Crippen LogP contribution in [0.4, 0.5) is 0 Å². The number of halogens is 2. The van der Waals surface area contributed by atoms with Crippen LogP contribution >= 0.6 is 31.9 Å². The number of rotatable bonds is 1. The van der Waals surface area contributed by atoms with E-state index >= 15 is 0 Å². The van der Waals surface area contributed by atoms with E-state index in [1.54, 1.807) is 0 Å². The van der Waals surface area contributed by atoms with Gasteiger partial charge in [-0.3, -0.25) is 0 Å². The van der Waals surface area contributed by atoms with Crippen LogP contribution in [0.2, 0.25) is 0 Å². The SMILES string of the molecule is [B]c1ccc(-c2ccccc2)c(Br)c1Br. The van der Waals surface area contributed by atoms with Crippen molar-refractivity contribution in [1.29, 1.82) is 0 Å². The Kier molecular flexibility index (Phi) is 3.32. The Bertz CT molecular complexity index is 480. The summed E-state index contributed by atoms with van der Waals surface area (Å²) in [6.07, 6.45) is 0. The van der Waals surface area contributed by atoms with Gasteiger partial charge in [-0.2, -0.15) is 0 Å². The van der Waals surface area contributed by atoms with Crippen LogP contribution < -0.4 is 5.46 Å². The molecule has 0 spiro atoms. The molecule has 0 atom stereocenters. The highest BCUT2D eigenvalue weighted by Crippen LogP contribution is 2.32. The zero-order chi connectivity index (χ0) is 10.8. The molecule has 0 aromatic heterocycles. The summed E-state index contributed by atoms with van der Waals surface area (Å²) in [7, 11) is 5.79. The average Bonchev–Trinajstić information content (AvgIpc) is 2.27. The Morgan fingerprint density at radius 1 is 0.800 bits per heavy atom. The first-order chi connectivity index (χ1) is 7.20. The number of benzene rings is 2. The minimum absolute atomic E-state index is 0.738. The van der Waals surface area contributed by atoms with Gasteiger partial charge in [0.05, 0.1) is 0 Å². The van der Waals surface area contributed by atoms with Crippen molar-refractivity contribution in [3.05, 3.63) is 51.4 Å². The van der Waals surface area contributed by atoms with Gasteiger partial charge in [0.2, 0.25) is 0 Å². The number of hydrogen-bond donors (Lipinski definition) is 0. The van der Waals surface area contributed by atoms with Crippen LogP contribution in [0.25, 0.3) is 11.1 Å². The minimum Gasteiger partial charge on any atom is -0.0816 e. The fraction of sp³-hybridized carbons (Fsp3) is 0. The zero-order valence-electron chi connectivity index (χ0n) is 7.87. The van der Waals surface area contributed by atoms with E-state index in [9.17, 15) is 0 Å². The normalized spacial score (nSPS) is 10.3. The van der Waals surface area contributed by atoms with Crippen molar-refractivity contribution in [3.8, 4) is 11.1 Å². The molecular weight excluding hydrogens is 315 g/mol. The van der Waals surface area contributed by atoms with Crippen molar-refractivity contribution >= 4 is 45.2 Å². The zero-order valence-corrected chi connectivity index (χ0v) is 11.0. The van der Waals surface area contributed by atoms with Crippen LogP contribution in [0.3, 0.4) is 0 Å². The summed E-state index contributed by atoms with van der Waals surface area (Å²) >= 11 is 7.00. The molecule has 0 fully saturated rings. The van der Waals surface area contributed by atoms with Gasteiger partial charge < -0.3 is 0 Å². The van der Waals surface area contributed by atoms with Gasteiger partial charge in [-0.05, 0) is 27.1 Å². The summed E-state index contributed by atoms with van der Waals surface area (Å²) in [4.78, 5) is 0. The third kappa shape index (κ3) is 2.18. The van der Waals surface area contributed by atoms with Crippen LogP contribution in [0, 0.1) is 0 Å². The molecule has 0 saturated carbocycles. The van der Waals surface area contributed by atoms with Gasteiger partial charge in [-0.15, -0.1) is 0 Å². The van der Waals surface area contributed by atoms with Gasteiger partial charge in [0, 0.05) is 8.95 Å². The second-order valence-corrected chi connectivity index (χ2v) is 4.78. The third-order valence-corrected chi connectivity index (χ3v) is 4.41. The van der Waals surface area contributed by atoms with Crippen molar-refractivity contribution in [2.75, 3.05) is 0 Å². The van der Waals surface area contributed by atoms with Gasteiger partial charge in [0.1, 0.15) is 7.85 Å². The molecule has 2 aromatic carbocycles. The molecule has 0 bridgehead atoms. The van der Waals surface area contributed by atoms with Gasteiger partial charge in [0.25, 0.3) is 0 Å². The summed E-state index contributed by atoms with van der Waals surface area (Å²) in [5.41, 5.74) is 3.04. The van der Waals surface area contributed by atoms with Gasteiger partial charge >= 0.3 is 0 Å². The predicted octanol–water partition coefficient (Wildman–Crippen LogP) is 3.67. The van der Waals surface area contributed by atoms with Gasteiger partial charge in [-0.25, -0.2) is 0 Å². The molecule has 0 aliphatic heterocycles. The fourth-order valence-electron chi connectivity index (χ4n) is 1.41. The first-order valence-electron chi connectivity index (χ1n) is 4.49. The largest absolute Gasteiger partial charge is 0.115 e. The first kappa shape index (κ1) is 11.0. The molecule has 2 radical (unpaired) electrons. The number of hydrogen-bond acceptors (Lipinski definition) is 0. The maximum atomic E-state index is 5.79. The van der Waals surface area contributed by atoms with E-state index in [-0.39, 0.29) is 0 Å². The second kappa shape index (κ2) is 4.54. The molecule has 15 heavy (non-hydrogen) atoms. The van der Waals surface area contributed by atoms with Crippen molar-refractivity contribution in [2.45, 2.75) is 0 Å². The Hall–Kier alpha value is -0.535. The molecule has 2 rings (SSSR count). The molecule has 0 nitrogen and oxygen atoms in total. The highest BCUT2D eigenvalue weighted by Gasteiger charge is 2.07. The lowest BCUT2D eigenvalue weighted by molar-refractivity contribution is 1.58. The first-order valence-corrected chi connectivity index (χ1v) is 6.07. The van der Waals surface area contributed by atoms with E-state index in [1.165, 1.54) is 5.56 Å². The Balaban J connectivity index is 2.60. The summed E-state index contributed by atoms with van der Waals surface area (Å²) < 4.78 is 1.90. The molecule has 72 valence electrons. The van der Waals surface area contributed by atoms with E-state index in [0.29, 0.717) is 0 Å². The lowest BCUT2D eigenvalue weighted by Gasteiger charge is -2.08. The van der Waals surface area contributed by atoms with Gasteiger partial charge in [0.15, 0.2) is 0 Å². The minimum atomic E-state index is 0.738. The molecule has 0 aliphatic rings. The average molecular weight is 322 g/mol. The molecule has 0 amide bonds. The second-order valence-electron chi connectivity index (χ2n) is 3.20. The molecule has 0 saturated heterocycles. The van der Waals surface area contributed by atoms with Crippen LogP contribution in [-0.4, -0.2) is 7.85 Å². The van der Waals surface area contributed by atoms with Crippen molar-refractivity contribution in [3.63, 3.8) is 0 Å². The summed E-state index contributed by atoms with van der Waals surface area (Å²) in [6.45, 7) is 0. The van der Waals surface area contributed by atoms with Crippen molar-refractivity contribution < 1.29 is 0 Å². The van der Waals surface area contributed by atoms with Crippen LogP contribution in [-0.2, 0) is 0 Å². The van der Waals surface area contributed by atoms with Crippen LogP contribution in [0.1, 0.15) is 0 Å². The Morgan fingerprint density at radius 3 is 2.13 bits per heavy atom. The van der Waals surface area contributed by atoms with Crippen LogP contribution in [0.5, 0.6) is 0 Å². The lowest BCUT2D eigenvalue weighted by atomic mass is 9.93. The molecule has 0 unspecified atom stereocenters. The standard InChI is InChI=1S/C12H7BBr2/c13-10-7-6-9(11(14)12(10)15)8-4-2-1-3-5-8/h1-7H.